The molecule has 0 radical (unpaired) electrons. The summed E-state index contributed by atoms with van der Waals surface area (Å²) in [5, 5.41) is 2.04. The second-order valence-electron chi connectivity index (χ2n) is 9.01. The number of hydrogen-bond acceptors (Lipinski definition) is 5. The minimum absolute atomic E-state index is 0.0483. The van der Waals surface area contributed by atoms with Crippen molar-refractivity contribution in [2.45, 2.75) is 59.4 Å². The molecule has 1 aliphatic heterocycles. The van der Waals surface area contributed by atoms with Gasteiger partial charge in [0.1, 0.15) is 23.0 Å². The first-order valence-electron chi connectivity index (χ1n) is 11.5. The van der Waals surface area contributed by atoms with Crippen LogP contribution in [0.3, 0.4) is 0 Å². The van der Waals surface area contributed by atoms with Gasteiger partial charge in [-0.15, -0.1) is 0 Å². The average molecular weight is 451 g/mol. The first kappa shape index (κ1) is 23.2. The summed E-state index contributed by atoms with van der Waals surface area (Å²) in [6.07, 6.45) is 0.841. The predicted molar refractivity (Wildman–Crippen MR) is 132 cm³/mol. The standard InChI is InChI=1S/C28H34O5/c1-15(2)32-22-10-9-19(20-11-16(3)12-23(29-6)28(20)22)27-21-13-17(4)33-18(5)26(21)24(30-7)14-25(27)31-8/h9-12,14-15,17-18H,13H2,1-8H3/t17-,18-/m0/s1. The molecule has 0 saturated heterocycles. The van der Waals surface area contributed by atoms with Crippen LogP contribution in [-0.4, -0.2) is 33.5 Å². The normalized spacial score (nSPS) is 17.7. The van der Waals surface area contributed by atoms with Gasteiger partial charge in [-0.3, -0.25) is 0 Å². The van der Waals surface area contributed by atoms with Crippen LogP contribution < -0.4 is 18.9 Å². The van der Waals surface area contributed by atoms with E-state index in [1.807, 2.05) is 26.0 Å². The molecule has 0 aromatic heterocycles. The van der Waals surface area contributed by atoms with Gasteiger partial charge in [-0.25, -0.2) is 0 Å². The van der Waals surface area contributed by atoms with Crippen LogP contribution in [0.25, 0.3) is 21.9 Å². The third kappa shape index (κ3) is 4.10. The number of ether oxygens (including phenoxy) is 5. The Morgan fingerprint density at radius 1 is 0.879 bits per heavy atom. The molecule has 0 bridgehead atoms. The Morgan fingerprint density at radius 2 is 1.58 bits per heavy atom. The molecule has 1 aliphatic rings. The van der Waals surface area contributed by atoms with Crippen LogP contribution in [0.2, 0.25) is 0 Å². The number of fused-ring (bicyclic) bond motifs is 2. The van der Waals surface area contributed by atoms with Gasteiger partial charge in [0, 0.05) is 17.2 Å². The van der Waals surface area contributed by atoms with E-state index in [0.717, 1.165) is 62.4 Å². The van der Waals surface area contributed by atoms with Crippen molar-refractivity contribution in [3.05, 3.63) is 47.0 Å². The topological polar surface area (TPSA) is 46.2 Å². The van der Waals surface area contributed by atoms with Gasteiger partial charge in [-0.05, 0) is 81.3 Å². The molecular formula is C28H34O5. The van der Waals surface area contributed by atoms with Crippen molar-refractivity contribution in [2.24, 2.45) is 0 Å². The quantitative estimate of drug-likeness (QED) is 0.421. The molecule has 0 N–H and O–H groups in total. The fraction of sp³-hybridized carbons (Fsp3) is 0.429. The highest BCUT2D eigenvalue weighted by Crippen LogP contribution is 2.50. The highest BCUT2D eigenvalue weighted by molar-refractivity contribution is 6.05. The molecule has 1 heterocycles. The SMILES string of the molecule is COc1cc(OC)c2c(c1-c1ccc(OC(C)C)c3c(OC)cc(C)cc13)C[C@H](C)O[C@H]2C. The summed E-state index contributed by atoms with van der Waals surface area (Å²) in [5.74, 6) is 3.19. The molecule has 0 saturated carbocycles. The molecule has 3 aromatic carbocycles. The van der Waals surface area contributed by atoms with Crippen LogP contribution >= 0.6 is 0 Å². The van der Waals surface area contributed by atoms with E-state index in [1.165, 1.54) is 5.56 Å². The number of benzene rings is 3. The van der Waals surface area contributed by atoms with Crippen LogP contribution in [0, 0.1) is 6.92 Å². The summed E-state index contributed by atoms with van der Waals surface area (Å²) in [4.78, 5) is 0. The van der Waals surface area contributed by atoms with Gasteiger partial charge in [-0.2, -0.15) is 0 Å². The zero-order chi connectivity index (χ0) is 23.9. The first-order valence-corrected chi connectivity index (χ1v) is 11.5. The second kappa shape index (κ2) is 9.14. The van der Waals surface area contributed by atoms with Crippen LogP contribution in [0.4, 0.5) is 0 Å². The van der Waals surface area contributed by atoms with Gasteiger partial charge in [0.15, 0.2) is 0 Å². The highest BCUT2D eigenvalue weighted by Gasteiger charge is 2.31. The molecule has 0 aliphatic carbocycles. The van der Waals surface area contributed by atoms with Gasteiger partial charge >= 0.3 is 0 Å². The maximum absolute atomic E-state index is 6.19. The maximum atomic E-state index is 6.19. The van der Waals surface area contributed by atoms with Crippen LogP contribution in [0.15, 0.2) is 30.3 Å². The zero-order valence-corrected chi connectivity index (χ0v) is 20.9. The van der Waals surface area contributed by atoms with Crippen molar-refractivity contribution in [2.75, 3.05) is 21.3 Å². The maximum Gasteiger partial charge on any atom is 0.131 e. The lowest BCUT2D eigenvalue weighted by Crippen LogP contribution is -2.23. The lowest BCUT2D eigenvalue weighted by atomic mass is 9.84. The Hall–Kier alpha value is -2.92. The summed E-state index contributed by atoms with van der Waals surface area (Å²) in [6.45, 7) is 10.3. The van der Waals surface area contributed by atoms with Crippen molar-refractivity contribution in [1.29, 1.82) is 0 Å². The number of hydrogen-bond donors (Lipinski definition) is 0. The van der Waals surface area contributed by atoms with Gasteiger partial charge in [0.2, 0.25) is 0 Å². The second-order valence-corrected chi connectivity index (χ2v) is 9.01. The zero-order valence-electron chi connectivity index (χ0n) is 20.9. The summed E-state index contributed by atoms with van der Waals surface area (Å²) in [5.41, 5.74) is 5.57. The fourth-order valence-electron chi connectivity index (χ4n) is 5.02. The van der Waals surface area contributed by atoms with Crippen molar-refractivity contribution < 1.29 is 23.7 Å². The van der Waals surface area contributed by atoms with Crippen molar-refractivity contribution >= 4 is 10.8 Å². The molecule has 176 valence electrons. The first-order chi connectivity index (χ1) is 15.8. The lowest BCUT2D eigenvalue weighted by molar-refractivity contribution is -0.00594. The van der Waals surface area contributed by atoms with Crippen molar-refractivity contribution in [3.63, 3.8) is 0 Å². The largest absolute Gasteiger partial charge is 0.496 e. The Morgan fingerprint density at radius 3 is 2.21 bits per heavy atom. The Bertz CT molecular complexity index is 1180. The van der Waals surface area contributed by atoms with E-state index in [9.17, 15) is 0 Å². The van der Waals surface area contributed by atoms with Gasteiger partial charge in [0.25, 0.3) is 0 Å². The van der Waals surface area contributed by atoms with Crippen molar-refractivity contribution in [3.8, 4) is 34.1 Å². The van der Waals surface area contributed by atoms with Gasteiger partial charge in [0.05, 0.1) is 45.0 Å². The number of aryl methyl sites for hydroxylation is 1. The number of rotatable bonds is 6. The molecule has 0 amide bonds. The average Bonchev–Trinajstić information content (AvgIpc) is 2.77. The molecular weight excluding hydrogens is 416 g/mol. The van der Waals surface area contributed by atoms with Gasteiger partial charge < -0.3 is 23.7 Å². The minimum atomic E-state index is -0.0746. The Kier molecular flexibility index (Phi) is 6.44. The van der Waals surface area contributed by atoms with E-state index in [4.69, 9.17) is 23.7 Å². The van der Waals surface area contributed by atoms with Gasteiger partial charge in [-0.1, -0.05) is 6.07 Å². The van der Waals surface area contributed by atoms with Crippen LogP contribution in [-0.2, 0) is 11.2 Å². The fourth-order valence-corrected chi connectivity index (χ4v) is 5.02. The molecule has 4 rings (SSSR count). The van der Waals surface area contributed by atoms with E-state index in [2.05, 4.69) is 39.0 Å². The molecule has 2 atom stereocenters. The molecule has 33 heavy (non-hydrogen) atoms. The van der Waals surface area contributed by atoms with Crippen molar-refractivity contribution in [1.82, 2.24) is 0 Å². The summed E-state index contributed by atoms with van der Waals surface area (Å²) < 4.78 is 29.8. The Balaban J connectivity index is 2.12. The highest BCUT2D eigenvalue weighted by atomic mass is 16.5. The molecule has 0 unspecified atom stereocenters. The Labute approximate surface area is 196 Å². The molecule has 0 fully saturated rings. The van der Waals surface area contributed by atoms with Crippen LogP contribution in [0.1, 0.15) is 50.5 Å². The van der Waals surface area contributed by atoms with E-state index in [0.29, 0.717) is 0 Å². The van der Waals surface area contributed by atoms with E-state index < -0.39 is 0 Å². The monoisotopic (exact) mass is 450 g/mol. The van der Waals surface area contributed by atoms with E-state index in [-0.39, 0.29) is 18.3 Å². The molecule has 3 aromatic rings. The van der Waals surface area contributed by atoms with E-state index >= 15 is 0 Å². The third-order valence-corrected chi connectivity index (χ3v) is 6.21. The van der Waals surface area contributed by atoms with Crippen LogP contribution in [0.5, 0.6) is 23.0 Å². The summed E-state index contributed by atoms with van der Waals surface area (Å²) in [7, 11) is 5.11. The molecule has 0 spiro atoms. The number of methoxy groups -OCH3 is 3. The summed E-state index contributed by atoms with van der Waals surface area (Å²) >= 11 is 0. The lowest BCUT2D eigenvalue weighted by Gasteiger charge is -2.32. The summed E-state index contributed by atoms with van der Waals surface area (Å²) in [6, 6.07) is 10.4. The molecule has 5 nitrogen and oxygen atoms in total. The predicted octanol–water partition coefficient (Wildman–Crippen LogP) is 6.65. The smallest absolute Gasteiger partial charge is 0.131 e. The third-order valence-electron chi connectivity index (χ3n) is 6.21. The molecule has 5 heteroatoms. The van der Waals surface area contributed by atoms with E-state index in [1.54, 1.807) is 21.3 Å². The minimum Gasteiger partial charge on any atom is -0.496 e.